The molecule has 3 rings (SSSR count). The van der Waals surface area contributed by atoms with Crippen molar-refractivity contribution in [3.63, 3.8) is 0 Å². The van der Waals surface area contributed by atoms with Gasteiger partial charge in [0.25, 0.3) is 0 Å². The number of aldehydes is 1. The van der Waals surface area contributed by atoms with Crippen molar-refractivity contribution in [2.75, 3.05) is 11.4 Å². The zero-order valence-electron chi connectivity index (χ0n) is 8.73. The molecule has 1 aromatic carbocycles. The van der Waals surface area contributed by atoms with Crippen LogP contribution in [0, 0.1) is 0 Å². The molecule has 1 atom stereocenters. The van der Waals surface area contributed by atoms with E-state index >= 15 is 0 Å². The highest BCUT2D eigenvalue weighted by molar-refractivity contribution is 5.74. The minimum atomic E-state index is 0.0989. The fourth-order valence-corrected chi connectivity index (χ4v) is 2.63. The number of benzene rings is 1. The highest BCUT2D eigenvalue weighted by Crippen LogP contribution is 2.40. The van der Waals surface area contributed by atoms with Crippen molar-refractivity contribution < 1.29 is 4.79 Å². The Morgan fingerprint density at radius 3 is 2.73 bits per heavy atom. The Hall–Kier alpha value is -1.31. The number of anilines is 1. The van der Waals surface area contributed by atoms with Gasteiger partial charge >= 0.3 is 0 Å². The van der Waals surface area contributed by atoms with E-state index in [9.17, 15) is 4.79 Å². The van der Waals surface area contributed by atoms with E-state index in [-0.39, 0.29) is 5.92 Å². The van der Waals surface area contributed by atoms with Crippen molar-refractivity contribution in [3.05, 3.63) is 29.8 Å². The molecule has 1 saturated carbocycles. The highest BCUT2D eigenvalue weighted by Gasteiger charge is 2.34. The molecular weight excluding hydrogens is 186 g/mol. The molecule has 0 spiro atoms. The van der Waals surface area contributed by atoms with E-state index in [2.05, 4.69) is 23.1 Å². The number of rotatable bonds is 2. The minimum Gasteiger partial charge on any atom is -0.367 e. The van der Waals surface area contributed by atoms with Gasteiger partial charge in [0.2, 0.25) is 0 Å². The van der Waals surface area contributed by atoms with Crippen LogP contribution in [0.15, 0.2) is 24.3 Å². The van der Waals surface area contributed by atoms with E-state index in [4.69, 9.17) is 0 Å². The van der Waals surface area contributed by atoms with E-state index in [1.165, 1.54) is 30.5 Å². The topological polar surface area (TPSA) is 20.3 Å². The van der Waals surface area contributed by atoms with E-state index in [0.29, 0.717) is 6.04 Å². The van der Waals surface area contributed by atoms with Gasteiger partial charge in [0, 0.05) is 18.3 Å². The third-order valence-electron chi connectivity index (χ3n) is 3.72. The van der Waals surface area contributed by atoms with Crippen molar-refractivity contribution in [1.29, 1.82) is 0 Å². The van der Waals surface area contributed by atoms with Gasteiger partial charge in [-0.1, -0.05) is 18.2 Å². The molecule has 0 amide bonds. The van der Waals surface area contributed by atoms with Crippen LogP contribution in [-0.4, -0.2) is 18.9 Å². The summed E-state index contributed by atoms with van der Waals surface area (Å²) < 4.78 is 0. The molecular formula is C13H15NO. The van der Waals surface area contributed by atoms with Crippen LogP contribution in [0.4, 0.5) is 5.69 Å². The molecule has 1 aromatic rings. The van der Waals surface area contributed by atoms with Crippen LogP contribution in [0.2, 0.25) is 0 Å². The number of carbonyl (C=O) groups excluding carboxylic acids is 1. The zero-order chi connectivity index (χ0) is 10.3. The lowest BCUT2D eigenvalue weighted by molar-refractivity contribution is -0.108. The molecule has 0 saturated heterocycles. The van der Waals surface area contributed by atoms with Crippen LogP contribution in [0.25, 0.3) is 0 Å². The van der Waals surface area contributed by atoms with Crippen molar-refractivity contribution in [2.24, 2.45) is 0 Å². The van der Waals surface area contributed by atoms with Crippen LogP contribution in [0.5, 0.6) is 0 Å². The molecule has 2 aliphatic rings. The number of carbonyl (C=O) groups is 1. The summed E-state index contributed by atoms with van der Waals surface area (Å²) >= 11 is 0. The molecule has 1 aliphatic carbocycles. The van der Waals surface area contributed by atoms with Gasteiger partial charge in [-0.3, -0.25) is 0 Å². The molecule has 1 heterocycles. The van der Waals surface area contributed by atoms with E-state index in [1.807, 2.05) is 6.07 Å². The Bertz CT molecular complexity index is 384. The fraction of sp³-hybridized carbons (Fsp3) is 0.462. The van der Waals surface area contributed by atoms with Gasteiger partial charge in [-0.2, -0.15) is 0 Å². The molecule has 1 unspecified atom stereocenters. The number of hydrogen-bond donors (Lipinski definition) is 0. The Balaban J connectivity index is 1.97. The van der Waals surface area contributed by atoms with Gasteiger partial charge in [0.15, 0.2) is 0 Å². The van der Waals surface area contributed by atoms with E-state index < -0.39 is 0 Å². The van der Waals surface area contributed by atoms with Crippen LogP contribution in [0.1, 0.15) is 30.7 Å². The molecule has 2 nitrogen and oxygen atoms in total. The Kier molecular flexibility index (Phi) is 2.01. The van der Waals surface area contributed by atoms with Crippen LogP contribution >= 0.6 is 0 Å². The van der Waals surface area contributed by atoms with Crippen molar-refractivity contribution in [1.82, 2.24) is 0 Å². The number of hydrogen-bond acceptors (Lipinski definition) is 2. The summed E-state index contributed by atoms with van der Waals surface area (Å²) in [5.74, 6) is 0.0989. The van der Waals surface area contributed by atoms with Crippen molar-refractivity contribution in [3.8, 4) is 0 Å². The third kappa shape index (κ3) is 1.28. The first-order valence-corrected chi connectivity index (χ1v) is 5.71. The lowest BCUT2D eigenvalue weighted by Crippen LogP contribution is -2.39. The molecule has 15 heavy (non-hydrogen) atoms. The molecule has 78 valence electrons. The fourth-order valence-electron chi connectivity index (χ4n) is 2.63. The Morgan fingerprint density at radius 1 is 1.27 bits per heavy atom. The first kappa shape index (κ1) is 8.96. The molecule has 2 heteroatoms. The lowest BCUT2D eigenvalue weighted by Gasteiger charge is -2.36. The standard InChI is InChI=1S/C13H15NO/c15-9-10-8-14(11-4-3-5-11)13-7-2-1-6-12(10)13/h1-2,6-7,9-11H,3-5,8H2. The Labute approximate surface area is 89.9 Å². The van der Waals surface area contributed by atoms with Crippen molar-refractivity contribution >= 4 is 12.0 Å². The van der Waals surface area contributed by atoms with Crippen LogP contribution in [0.3, 0.4) is 0 Å². The summed E-state index contributed by atoms with van der Waals surface area (Å²) in [7, 11) is 0. The van der Waals surface area contributed by atoms with E-state index in [1.54, 1.807) is 0 Å². The maximum absolute atomic E-state index is 11.0. The molecule has 0 radical (unpaired) electrons. The van der Waals surface area contributed by atoms with E-state index in [0.717, 1.165) is 12.8 Å². The van der Waals surface area contributed by atoms with Crippen molar-refractivity contribution in [2.45, 2.75) is 31.2 Å². The van der Waals surface area contributed by atoms with Gasteiger partial charge in [-0.15, -0.1) is 0 Å². The van der Waals surface area contributed by atoms with Gasteiger partial charge in [-0.25, -0.2) is 0 Å². The predicted molar refractivity (Wildman–Crippen MR) is 60.2 cm³/mol. The average Bonchev–Trinajstić information content (AvgIpc) is 2.55. The smallest absolute Gasteiger partial charge is 0.129 e. The maximum atomic E-state index is 11.0. The first-order valence-electron chi connectivity index (χ1n) is 5.71. The third-order valence-corrected chi connectivity index (χ3v) is 3.72. The normalized spacial score (nSPS) is 24.8. The first-order chi connectivity index (χ1) is 7.40. The molecule has 0 aromatic heterocycles. The summed E-state index contributed by atoms with van der Waals surface area (Å²) in [6, 6.07) is 9.03. The molecule has 1 fully saturated rings. The van der Waals surface area contributed by atoms with Gasteiger partial charge in [0.1, 0.15) is 6.29 Å². The zero-order valence-corrected chi connectivity index (χ0v) is 8.73. The molecule has 0 N–H and O–H groups in total. The minimum absolute atomic E-state index is 0.0989. The second-order valence-corrected chi connectivity index (χ2v) is 4.54. The monoisotopic (exact) mass is 201 g/mol. The average molecular weight is 201 g/mol. The summed E-state index contributed by atoms with van der Waals surface area (Å²) in [6.45, 7) is 0.896. The highest BCUT2D eigenvalue weighted by atomic mass is 16.1. The quantitative estimate of drug-likeness (QED) is 0.684. The van der Waals surface area contributed by atoms with Gasteiger partial charge in [0.05, 0.1) is 5.92 Å². The second-order valence-electron chi connectivity index (χ2n) is 4.54. The summed E-state index contributed by atoms with van der Waals surface area (Å²) in [4.78, 5) is 13.4. The second kappa shape index (κ2) is 3.37. The lowest BCUT2D eigenvalue weighted by atomic mass is 9.91. The van der Waals surface area contributed by atoms with Crippen LogP contribution in [-0.2, 0) is 4.79 Å². The van der Waals surface area contributed by atoms with Crippen LogP contribution < -0.4 is 4.90 Å². The SMILES string of the molecule is O=CC1CN(C2CCC2)c2ccccc21. The number of para-hydroxylation sites is 1. The number of fused-ring (bicyclic) bond motifs is 1. The van der Waals surface area contributed by atoms with Gasteiger partial charge < -0.3 is 9.69 Å². The predicted octanol–water partition coefficient (Wildman–Crippen LogP) is 2.34. The Morgan fingerprint density at radius 2 is 2.07 bits per heavy atom. The largest absolute Gasteiger partial charge is 0.367 e. The molecule has 0 bridgehead atoms. The number of nitrogens with zero attached hydrogens (tertiary/aromatic N) is 1. The summed E-state index contributed by atoms with van der Waals surface area (Å²) in [6.07, 6.45) is 5.02. The van der Waals surface area contributed by atoms with Gasteiger partial charge in [-0.05, 0) is 30.9 Å². The maximum Gasteiger partial charge on any atom is 0.129 e. The molecule has 1 aliphatic heterocycles. The summed E-state index contributed by atoms with van der Waals surface area (Å²) in [5, 5.41) is 0. The summed E-state index contributed by atoms with van der Waals surface area (Å²) in [5.41, 5.74) is 2.51.